The topological polar surface area (TPSA) is 57.2 Å². The zero-order valence-corrected chi connectivity index (χ0v) is 12.2. The number of carbonyl (C=O) groups is 1. The van der Waals surface area contributed by atoms with Gasteiger partial charge in [0.2, 0.25) is 5.91 Å². The Morgan fingerprint density at radius 3 is 2.90 bits per heavy atom. The molecule has 4 nitrogen and oxygen atoms in total. The molecule has 2 aromatic heterocycles. The van der Waals surface area contributed by atoms with Crippen LogP contribution in [0, 0.1) is 18.3 Å². The van der Waals surface area contributed by atoms with Crippen LogP contribution in [0.3, 0.4) is 0 Å². The van der Waals surface area contributed by atoms with Crippen molar-refractivity contribution in [2.45, 2.75) is 26.3 Å². The number of furan rings is 1. The number of carbonyl (C=O) groups excluding carboxylic acids is 1. The van der Waals surface area contributed by atoms with Crippen molar-refractivity contribution < 1.29 is 9.21 Å². The molecule has 0 radical (unpaired) electrons. The van der Waals surface area contributed by atoms with Crippen LogP contribution >= 0.6 is 11.3 Å². The summed E-state index contributed by atoms with van der Waals surface area (Å²) < 4.78 is 5.27. The first-order valence-electron chi connectivity index (χ1n) is 6.41. The normalized spacial score (nSPS) is 10.2. The zero-order valence-electron chi connectivity index (χ0n) is 11.3. The van der Waals surface area contributed by atoms with Gasteiger partial charge in [0.15, 0.2) is 0 Å². The van der Waals surface area contributed by atoms with Crippen molar-refractivity contribution in [3.05, 3.63) is 46.0 Å². The molecular formula is C15H16N2O2S. The molecule has 0 unspecified atom stereocenters. The summed E-state index contributed by atoms with van der Waals surface area (Å²) in [4.78, 5) is 16.3. The lowest BCUT2D eigenvalue weighted by molar-refractivity contribution is -0.131. The summed E-state index contributed by atoms with van der Waals surface area (Å²) in [5.74, 6) is 0.761. The van der Waals surface area contributed by atoms with E-state index in [1.807, 2.05) is 25.1 Å². The first-order valence-corrected chi connectivity index (χ1v) is 7.23. The minimum Gasteiger partial charge on any atom is -0.467 e. The van der Waals surface area contributed by atoms with E-state index >= 15 is 0 Å². The Hall–Kier alpha value is -2.06. The molecule has 0 fully saturated rings. The van der Waals surface area contributed by atoms with Crippen LogP contribution in [0.2, 0.25) is 0 Å². The van der Waals surface area contributed by atoms with Crippen LogP contribution in [-0.4, -0.2) is 17.4 Å². The molecule has 0 saturated carbocycles. The van der Waals surface area contributed by atoms with Crippen molar-refractivity contribution in [3.63, 3.8) is 0 Å². The number of nitrogens with zero attached hydrogens (tertiary/aromatic N) is 2. The van der Waals surface area contributed by atoms with Crippen molar-refractivity contribution in [1.29, 1.82) is 5.26 Å². The molecule has 0 atom stereocenters. The molecular weight excluding hydrogens is 272 g/mol. The molecule has 104 valence electrons. The Morgan fingerprint density at radius 2 is 2.30 bits per heavy atom. The fraction of sp³-hybridized carbons (Fsp3) is 0.333. The monoisotopic (exact) mass is 288 g/mol. The summed E-state index contributed by atoms with van der Waals surface area (Å²) in [5.41, 5.74) is 0. The minimum absolute atomic E-state index is 0.0264. The zero-order chi connectivity index (χ0) is 14.4. The second kappa shape index (κ2) is 6.92. The molecule has 0 aromatic carbocycles. The van der Waals surface area contributed by atoms with Gasteiger partial charge in [-0.1, -0.05) is 0 Å². The van der Waals surface area contributed by atoms with Crippen molar-refractivity contribution in [2.24, 2.45) is 0 Å². The third kappa shape index (κ3) is 3.97. The van der Waals surface area contributed by atoms with E-state index in [1.165, 1.54) is 4.88 Å². The van der Waals surface area contributed by atoms with E-state index in [4.69, 9.17) is 9.68 Å². The van der Waals surface area contributed by atoms with Gasteiger partial charge >= 0.3 is 0 Å². The van der Waals surface area contributed by atoms with Gasteiger partial charge in [0.1, 0.15) is 5.76 Å². The van der Waals surface area contributed by atoms with Crippen LogP contribution in [0.25, 0.3) is 0 Å². The van der Waals surface area contributed by atoms with Crippen LogP contribution in [0.5, 0.6) is 0 Å². The minimum atomic E-state index is 0.0264. The molecule has 0 spiro atoms. The molecule has 0 bridgehead atoms. The summed E-state index contributed by atoms with van der Waals surface area (Å²) in [6.07, 6.45) is 2.30. The van der Waals surface area contributed by atoms with Crippen LogP contribution in [0.4, 0.5) is 0 Å². The van der Waals surface area contributed by atoms with Crippen molar-refractivity contribution in [3.8, 4) is 6.07 Å². The van der Waals surface area contributed by atoms with E-state index in [0.29, 0.717) is 25.9 Å². The van der Waals surface area contributed by atoms with Gasteiger partial charge in [0, 0.05) is 16.3 Å². The highest BCUT2D eigenvalue weighted by molar-refractivity contribution is 7.12. The standard InChI is InChI=1S/C15H16N2O2S/c1-12-5-6-14(20-12)10-15(18)17(8-3-7-16)11-13-4-2-9-19-13/h2,4-6,9H,3,8,10-11H2,1H3. The largest absolute Gasteiger partial charge is 0.467 e. The number of amides is 1. The SMILES string of the molecule is Cc1ccc(CC(=O)N(CCC#N)Cc2ccco2)s1. The van der Waals surface area contributed by atoms with Crippen molar-refractivity contribution >= 4 is 17.2 Å². The molecule has 2 aromatic rings. The highest BCUT2D eigenvalue weighted by Gasteiger charge is 2.16. The second-order valence-electron chi connectivity index (χ2n) is 4.49. The van der Waals surface area contributed by atoms with Crippen molar-refractivity contribution in [1.82, 2.24) is 4.90 Å². The lowest BCUT2D eigenvalue weighted by Crippen LogP contribution is -2.32. The van der Waals surface area contributed by atoms with Gasteiger partial charge in [-0.3, -0.25) is 4.79 Å². The third-order valence-corrected chi connectivity index (χ3v) is 3.90. The molecule has 0 N–H and O–H groups in total. The smallest absolute Gasteiger partial charge is 0.228 e. The van der Waals surface area contributed by atoms with Gasteiger partial charge in [0.05, 0.1) is 31.7 Å². The Morgan fingerprint density at radius 1 is 1.45 bits per heavy atom. The van der Waals surface area contributed by atoms with Gasteiger partial charge in [-0.05, 0) is 31.2 Å². The molecule has 20 heavy (non-hydrogen) atoms. The molecule has 1 amide bonds. The first kappa shape index (κ1) is 14.4. The van der Waals surface area contributed by atoms with Gasteiger partial charge in [-0.2, -0.15) is 5.26 Å². The Bertz CT molecular complexity index is 596. The third-order valence-electron chi connectivity index (χ3n) is 2.89. The maximum absolute atomic E-state index is 12.3. The lowest BCUT2D eigenvalue weighted by atomic mass is 10.2. The second-order valence-corrected chi connectivity index (χ2v) is 5.86. The Balaban J connectivity index is 2.01. The fourth-order valence-corrected chi connectivity index (χ4v) is 2.79. The molecule has 2 rings (SSSR count). The maximum Gasteiger partial charge on any atom is 0.228 e. The van der Waals surface area contributed by atoms with E-state index in [2.05, 4.69) is 6.07 Å². The van der Waals surface area contributed by atoms with Crippen LogP contribution < -0.4 is 0 Å². The highest BCUT2D eigenvalue weighted by atomic mass is 32.1. The molecule has 2 heterocycles. The highest BCUT2D eigenvalue weighted by Crippen LogP contribution is 2.17. The number of hydrogen-bond donors (Lipinski definition) is 0. The summed E-state index contributed by atoms with van der Waals surface area (Å²) in [7, 11) is 0. The molecule has 0 saturated heterocycles. The quantitative estimate of drug-likeness (QED) is 0.820. The molecule has 0 aliphatic rings. The summed E-state index contributed by atoms with van der Waals surface area (Å²) >= 11 is 1.63. The van der Waals surface area contributed by atoms with Crippen LogP contribution in [0.1, 0.15) is 21.9 Å². The van der Waals surface area contributed by atoms with E-state index in [9.17, 15) is 4.79 Å². The van der Waals surface area contributed by atoms with E-state index < -0.39 is 0 Å². The maximum atomic E-state index is 12.3. The van der Waals surface area contributed by atoms with E-state index in [-0.39, 0.29) is 5.91 Å². The molecule has 0 aliphatic carbocycles. The predicted octanol–water partition coefficient (Wildman–Crippen LogP) is 3.13. The average Bonchev–Trinajstić information content (AvgIpc) is 3.06. The van der Waals surface area contributed by atoms with Gasteiger partial charge in [-0.15, -0.1) is 11.3 Å². The summed E-state index contributed by atoms with van der Waals surface area (Å²) in [5, 5.41) is 8.71. The van der Waals surface area contributed by atoms with E-state index in [0.717, 1.165) is 10.6 Å². The predicted molar refractivity (Wildman–Crippen MR) is 77.1 cm³/mol. The number of hydrogen-bond acceptors (Lipinski definition) is 4. The first-order chi connectivity index (χ1) is 9.69. The lowest BCUT2D eigenvalue weighted by Gasteiger charge is -2.20. The summed E-state index contributed by atoms with van der Waals surface area (Å²) in [6, 6.07) is 9.70. The molecule has 0 aliphatic heterocycles. The van der Waals surface area contributed by atoms with Gasteiger partial charge in [-0.25, -0.2) is 0 Å². The average molecular weight is 288 g/mol. The van der Waals surface area contributed by atoms with Crippen LogP contribution in [-0.2, 0) is 17.8 Å². The molecule has 5 heteroatoms. The number of rotatable bonds is 6. The summed E-state index contributed by atoms with van der Waals surface area (Å²) in [6.45, 7) is 2.87. The fourth-order valence-electron chi connectivity index (χ4n) is 1.91. The number of nitriles is 1. The van der Waals surface area contributed by atoms with Gasteiger partial charge < -0.3 is 9.32 Å². The Kier molecular flexibility index (Phi) is 4.97. The van der Waals surface area contributed by atoms with Crippen LogP contribution in [0.15, 0.2) is 34.9 Å². The Labute approximate surface area is 122 Å². The van der Waals surface area contributed by atoms with E-state index in [1.54, 1.807) is 28.6 Å². The van der Waals surface area contributed by atoms with Crippen molar-refractivity contribution in [2.75, 3.05) is 6.54 Å². The number of thiophene rings is 1. The number of aryl methyl sites for hydroxylation is 1. The van der Waals surface area contributed by atoms with Gasteiger partial charge in [0.25, 0.3) is 0 Å².